The molecule has 25 heavy (non-hydrogen) atoms. The Morgan fingerprint density at radius 3 is 2.36 bits per heavy atom. The van der Waals surface area contributed by atoms with Gasteiger partial charge in [0.15, 0.2) is 0 Å². The van der Waals surface area contributed by atoms with Crippen LogP contribution in [0.3, 0.4) is 0 Å². The van der Waals surface area contributed by atoms with Crippen molar-refractivity contribution in [2.24, 2.45) is 0 Å². The molecule has 2 rings (SSSR count). The Labute approximate surface area is 152 Å². The summed E-state index contributed by atoms with van der Waals surface area (Å²) in [6, 6.07) is 12.3. The first-order valence-corrected chi connectivity index (χ1v) is 9.29. The van der Waals surface area contributed by atoms with Gasteiger partial charge in [-0.3, -0.25) is 9.10 Å². The largest absolute Gasteiger partial charge is 0.492 e. The average molecular weight is 384 g/mol. The molecule has 0 N–H and O–H groups in total. The molecule has 0 spiro atoms. The summed E-state index contributed by atoms with van der Waals surface area (Å²) in [7, 11) is -2.82. The van der Waals surface area contributed by atoms with Crippen molar-refractivity contribution in [1.82, 2.24) is 0 Å². The predicted molar refractivity (Wildman–Crippen MR) is 95.6 cm³/mol. The lowest BCUT2D eigenvalue weighted by atomic mass is 10.3. The van der Waals surface area contributed by atoms with Crippen LogP contribution >= 0.6 is 11.6 Å². The Morgan fingerprint density at radius 2 is 1.76 bits per heavy atom. The number of nitrogens with zero attached hydrogens (tertiary/aromatic N) is 1. The van der Waals surface area contributed by atoms with E-state index in [2.05, 4.69) is 4.74 Å². The van der Waals surface area contributed by atoms with Crippen molar-refractivity contribution in [3.63, 3.8) is 0 Å². The fourth-order valence-corrected chi connectivity index (χ4v) is 3.70. The fourth-order valence-electron chi connectivity index (χ4n) is 2.16. The van der Waals surface area contributed by atoms with E-state index in [1.807, 2.05) is 0 Å². The van der Waals surface area contributed by atoms with Crippen molar-refractivity contribution < 1.29 is 22.7 Å². The molecule has 0 aliphatic rings. The van der Waals surface area contributed by atoms with Gasteiger partial charge in [-0.05, 0) is 43.3 Å². The minimum absolute atomic E-state index is 0.00658. The number of methoxy groups -OCH3 is 1. The molecule has 0 amide bonds. The van der Waals surface area contributed by atoms with Gasteiger partial charge in [-0.2, -0.15) is 0 Å². The molecule has 0 heterocycles. The van der Waals surface area contributed by atoms with E-state index in [0.29, 0.717) is 17.4 Å². The lowest BCUT2D eigenvalue weighted by Gasteiger charge is -2.25. The summed E-state index contributed by atoms with van der Waals surface area (Å²) < 4.78 is 37.3. The average Bonchev–Trinajstić information content (AvgIpc) is 2.60. The number of carbonyl (C=O) groups is 1. The quantitative estimate of drug-likeness (QED) is 0.687. The second-order valence-electron chi connectivity index (χ2n) is 4.94. The summed E-state index contributed by atoms with van der Waals surface area (Å²) in [6.07, 6.45) is 0. The smallest absolute Gasteiger partial charge is 0.326 e. The van der Waals surface area contributed by atoms with Gasteiger partial charge in [0.05, 0.1) is 24.3 Å². The van der Waals surface area contributed by atoms with Crippen LogP contribution < -0.4 is 9.04 Å². The van der Waals surface area contributed by atoms with E-state index in [1.165, 1.54) is 31.4 Å². The molecule has 0 bridgehead atoms. The van der Waals surface area contributed by atoms with E-state index in [0.717, 1.165) is 4.31 Å². The molecule has 0 aliphatic carbocycles. The van der Waals surface area contributed by atoms with Crippen molar-refractivity contribution in [3.8, 4) is 5.75 Å². The third-order valence-corrected chi connectivity index (χ3v) is 5.36. The van der Waals surface area contributed by atoms with Crippen LogP contribution in [-0.2, 0) is 19.6 Å². The molecule has 0 fully saturated rings. The predicted octanol–water partition coefficient (Wildman–Crippen LogP) is 3.11. The molecular formula is C17H18ClNO5S. The number of para-hydroxylation sites is 2. The standard InChI is InChI=1S/C17H18ClNO5S/c1-3-24-16-7-5-4-6-15(16)19(12-17(20)23-2)25(21,22)14-10-8-13(18)9-11-14/h4-11H,3,12H2,1-2H3. The van der Waals surface area contributed by atoms with Crippen molar-refractivity contribution >= 4 is 33.3 Å². The van der Waals surface area contributed by atoms with Crippen molar-refractivity contribution in [1.29, 1.82) is 0 Å². The first-order chi connectivity index (χ1) is 11.9. The van der Waals surface area contributed by atoms with Crippen LogP contribution in [0.15, 0.2) is 53.4 Å². The number of carbonyl (C=O) groups excluding carboxylic acids is 1. The van der Waals surface area contributed by atoms with Gasteiger partial charge in [-0.15, -0.1) is 0 Å². The Hall–Kier alpha value is -2.25. The van der Waals surface area contributed by atoms with Crippen molar-refractivity contribution in [2.75, 3.05) is 24.6 Å². The number of ether oxygens (including phenoxy) is 2. The number of esters is 1. The molecule has 8 heteroatoms. The highest BCUT2D eigenvalue weighted by Gasteiger charge is 2.29. The Kier molecular flexibility index (Phi) is 6.27. The molecule has 2 aromatic rings. The molecule has 0 saturated heterocycles. The van der Waals surface area contributed by atoms with Gasteiger partial charge in [-0.25, -0.2) is 8.42 Å². The number of rotatable bonds is 7. The zero-order valence-corrected chi connectivity index (χ0v) is 15.4. The molecule has 0 unspecified atom stereocenters. The first-order valence-electron chi connectivity index (χ1n) is 7.47. The molecule has 6 nitrogen and oxygen atoms in total. The monoisotopic (exact) mass is 383 g/mol. The van der Waals surface area contributed by atoms with E-state index >= 15 is 0 Å². The number of hydrogen-bond donors (Lipinski definition) is 0. The van der Waals surface area contributed by atoms with Gasteiger partial charge in [0, 0.05) is 5.02 Å². The lowest BCUT2D eigenvalue weighted by molar-refractivity contribution is -0.138. The fraction of sp³-hybridized carbons (Fsp3) is 0.235. The molecule has 0 atom stereocenters. The summed E-state index contributed by atoms with van der Waals surface area (Å²) in [6.45, 7) is 1.66. The second-order valence-corrected chi connectivity index (χ2v) is 7.24. The van der Waals surface area contributed by atoms with Gasteiger partial charge in [0.1, 0.15) is 12.3 Å². The summed E-state index contributed by atoms with van der Waals surface area (Å²) in [5, 5.41) is 0.410. The van der Waals surface area contributed by atoms with Gasteiger partial charge in [-0.1, -0.05) is 23.7 Å². The van der Waals surface area contributed by atoms with Gasteiger partial charge in [0.25, 0.3) is 10.0 Å². The van der Waals surface area contributed by atoms with Gasteiger partial charge >= 0.3 is 5.97 Å². The van der Waals surface area contributed by atoms with Crippen molar-refractivity contribution in [2.45, 2.75) is 11.8 Å². The zero-order valence-electron chi connectivity index (χ0n) is 13.8. The molecule has 0 aromatic heterocycles. The van der Waals surface area contributed by atoms with E-state index in [9.17, 15) is 13.2 Å². The molecule has 2 aromatic carbocycles. The third-order valence-electron chi connectivity index (χ3n) is 3.34. The maximum atomic E-state index is 13.1. The lowest BCUT2D eigenvalue weighted by Crippen LogP contribution is -2.36. The Bertz CT molecular complexity index is 836. The summed E-state index contributed by atoms with van der Waals surface area (Å²) in [4.78, 5) is 11.8. The number of hydrogen-bond acceptors (Lipinski definition) is 5. The summed E-state index contributed by atoms with van der Waals surface area (Å²) in [5.41, 5.74) is 0.254. The number of sulfonamides is 1. The SMILES string of the molecule is CCOc1ccccc1N(CC(=O)OC)S(=O)(=O)c1ccc(Cl)cc1. The first kappa shape index (κ1) is 19.1. The van der Waals surface area contributed by atoms with Crippen LogP contribution in [-0.4, -0.2) is 34.6 Å². The molecule has 0 saturated carbocycles. The summed E-state index contributed by atoms with van der Waals surface area (Å²) >= 11 is 5.83. The van der Waals surface area contributed by atoms with E-state index in [4.69, 9.17) is 16.3 Å². The summed E-state index contributed by atoms with van der Waals surface area (Å²) in [5.74, 6) is -0.338. The molecule has 0 radical (unpaired) electrons. The highest BCUT2D eigenvalue weighted by atomic mass is 35.5. The molecule has 0 aliphatic heterocycles. The number of halogens is 1. The number of anilines is 1. The van der Waals surface area contributed by atoms with Crippen LogP contribution in [0.5, 0.6) is 5.75 Å². The normalized spacial score (nSPS) is 11.0. The Morgan fingerprint density at radius 1 is 1.12 bits per heavy atom. The maximum Gasteiger partial charge on any atom is 0.326 e. The maximum absolute atomic E-state index is 13.1. The molecule has 134 valence electrons. The minimum Gasteiger partial charge on any atom is -0.492 e. The molecular weight excluding hydrogens is 366 g/mol. The van der Waals surface area contributed by atoms with E-state index in [-0.39, 0.29) is 10.6 Å². The van der Waals surface area contributed by atoms with Gasteiger partial charge < -0.3 is 9.47 Å². The van der Waals surface area contributed by atoms with E-state index in [1.54, 1.807) is 31.2 Å². The van der Waals surface area contributed by atoms with Crippen molar-refractivity contribution in [3.05, 3.63) is 53.6 Å². The Balaban J connectivity index is 2.56. The van der Waals surface area contributed by atoms with Crippen LogP contribution in [0.2, 0.25) is 5.02 Å². The topological polar surface area (TPSA) is 72.9 Å². The second kappa shape index (κ2) is 8.22. The van der Waals surface area contributed by atoms with Crippen LogP contribution in [0, 0.1) is 0 Å². The van der Waals surface area contributed by atoms with Gasteiger partial charge in [0.2, 0.25) is 0 Å². The minimum atomic E-state index is -4.02. The van der Waals surface area contributed by atoms with E-state index < -0.39 is 22.5 Å². The van der Waals surface area contributed by atoms with Crippen LogP contribution in [0.1, 0.15) is 6.92 Å². The third kappa shape index (κ3) is 4.43. The number of benzene rings is 2. The van der Waals surface area contributed by atoms with Crippen LogP contribution in [0.4, 0.5) is 5.69 Å². The zero-order chi connectivity index (χ0) is 18.4. The van der Waals surface area contributed by atoms with Crippen LogP contribution in [0.25, 0.3) is 0 Å². The highest BCUT2D eigenvalue weighted by Crippen LogP contribution is 2.32. The highest BCUT2D eigenvalue weighted by molar-refractivity contribution is 7.92.